The first-order valence-electron chi connectivity index (χ1n) is 5.29. The summed E-state index contributed by atoms with van der Waals surface area (Å²) in [5, 5.41) is 19.6. The van der Waals surface area contributed by atoms with Gasteiger partial charge in [0.15, 0.2) is 5.58 Å². The van der Waals surface area contributed by atoms with E-state index in [1.165, 1.54) is 0 Å². The summed E-state index contributed by atoms with van der Waals surface area (Å²) in [5.41, 5.74) is 1.20. The molecule has 18 heavy (non-hydrogen) atoms. The van der Waals surface area contributed by atoms with E-state index in [9.17, 15) is 0 Å². The summed E-state index contributed by atoms with van der Waals surface area (Å²) in [6.45, 7) is 0. The van der Waals surface area contributed by atoms with E-state index < -0.39 is 7.32 Å². The molecule has 0 atom stereocenters. The minimum atomic E-state index is -1.87. The summed E-state index contributed by atoms with van der Waals surface area (Å²) in [7, 11) is -1.87. The number of benzene rings is 2. The van der Waals surface area contributed by atoms with Gasteiger partial charge in [-0.15, -0.1) is 0 Å². The molecule has 0 unspecified atom stereocenters. The minimum absolute atomic E-state index is 0.291. The van der Waals surface area contributed by atoms with E-state index >= 15 is 0 Å². The lowest BCUT2D eigenvalue weighted by atomic mass is 10.1. The molecule has 0 saturated carbocycles. The Balaban J connectivity index is 2.37. The number of fused-ring (bicyclic) bond motifs is 3. The van der Waals surface area contributed by atoms with Crippen LogP contribution in [0.1, 0.15) is 0 Å². The van der Waals surface area contributed by atoms with Crippen LogP contribution in [-0.4, -0.2) is 17.4 Å². The van der Waals surface area contributed by atoms with Crippen molar-refractivity contribution in [2.24, 2.45) is 0 Å². The van der Waals surface area contributed by atoms with Crippen LogP contribution in [0.5, 0.6) is 5.75 Å². The van der Waals surface area contributed by atoms with Gasteiger partial charge in [0.05, 0.1) is 0 Å². The molecule has 1 aromatic heterocycles. The van der Waals surface area contributed by atoms with Crippen LogP contribution in [0.2, 0.25) is 0 Å². The second-order valence-corrected chi connectivity index (χ2v) is 4.65. The van der Waals surface area contributed by atoms with Crippen molar-refractivity contribution in [3.05, 3.63) is 40.9 Å². The summed E-state index contributed by atoms with van der Waals surface area (Å²) >= 11 is 3.46. The first-order chi connectivity index (χ1) is 8.66. The first kappa shape index (κ1) is 11.6. The minimum Gasteiger partial charge on any atom is -0.509 e. The Morgan fingerprint density at radius 1 is 1.11 bits per heavy atom. The molecule has 0 radical (unpaired) electrons. The van der Waals surface area contributed by atoms with Gasteiger partial charge < -0.3 is 19.1 Å². The predicted molar refractivity (Wildman–Crippen MR) is 72.2 cm³/mol. The van der Waals surface area contributed by atoms with Crippen molar-refractivity contribution < 1.29 is 19.1 Å². The lowest BCUT2D eigenvalue weighted by molar-refractivity contribution is 0.288. The third-order valence-corrected chi connectivity index (χ3v) is 3.33. The maximum absolute atomic E-state index is 8.89. The zero-order valence-corrected chi connectivity index (χ0v) is 10.7. The molecule has 0 saturated heterocycles. The van der Waals surface area contributed by atoms with E-state index in [1.807, 2.05) is 24.3 Å². The summed E-state index contributed by atoms with van der Waals surface area (Å²) in [4.78, 5) is 0. The van der Waals surface area contributed by atoms with Crippen LogP contribution >= 0.6 is 15.9 Å². The largest absolute Gasteiger partial charge is 0.707 e. The van der Waals surface area contributed by atoms with E-state index in [4.69, 9.17) is 19.1 Å². The number of hydrogen-bond donors (Lipinski definition) is 2. The van der Waals surface area contributed by atoms with Gasteiger partial charge in [0, 0.05) is 15.2 Å². The zero-order chi connectivity index (χ0) is 12.7. The standard InChI is InChI=1S/C12H8BBrO4/c14-8-5-6-10(18-13(15)16)12-11(8)7-3-1-2-4-9(7)17-12/h1-6,15-16H. The highest BCUT2D eigenvalue weighted by molar-refractivity contribution is 9.10. The van der Waals surface area contributed by atoms with Crippen LogP contribution in [0, 0.1) is 0 Å². The number of hydrogen-bond acceptors (Lipinski definition) is 4. The van der Waals surface area contributed by atoms with Crippen molar-refractivity contribution in [1.82, 2.24) is 0 Å². The third kappa shape index (κ3) is 1.78. The maximum atomic E-state index is 8.89. The fourth-order valence-corrected chi connectivity index (χ4v) is 2.50. The van der Waals surface area contributed by atoms with E-state index in [1.54, 1.807) is 12.1 Å². The number of furan rings is 1. The molecule has 3 aromatic rings. The molecule has 2 N–H and O–H groups in total. The molecule has 6 heteroatoms. The van der Waals surface area contributed by atoms with Crippen molar-refractivity contribution in [3.63, 3.8) is 0 Å². The van der Waals surface area contributed by atoms with Gasteiger partial charge >= 0.3 is 7.32 Å². The highest BCUT2D eigenvalue weighted by atomic mass is 79.9. The molecular weight excluding hydrogens is 299 g/mol. The summed E-state index contributed by atoms with van der Waals surface area (Å²) in [5.74, 6) is 0.291. The van der Waals surface area contributed by atoms with Crippen molar-refractivity contribution in [2.75, 3.05) is 0 Å². The second-order valence-electron chi connectivity index (χ2n) is 3.79. The molecule has 0 aliphatic rings. The van der Waals surface area contributed by atoms with Crippen molar-refractivity contribution >= 4 is 45.2 Å². The van der Waals surface area contributed by atoms with Crippen LogP contribution in [-0.2, 0) is 0 Å². The smallest absolute Gasteiger partial charge is 0.509 e. The fraction of sp³-hybridized carbons (Fsp3) is 0. The SMILES string of the molecule is OB(O)Oc1ccc(Br)c2c1oc1ccccc12. The molecule has 4 nitrogen and oxygen atoms in total. The Labute approximate surface area is 111 Å². The molecule has 3 rings (SSSR count). The second kappa shape index (κ2) is 4.31. The van der Waals surface area contributed by atoms with Gasteiger partial charge in [-0.1, -0.05) is 34.1 Å². The molecule has 0 spiro atoms. The molecule has 2 aromatic carbocycles. The topological polar surface area (TPSA) is 62.8 Å². The van der Waals surface area contributed by atoms with Crippen molar-refractivity contribution in [1.29, 1.82) is 0 Å². The molecule has 0 aliphatic carbocycles. The van der Waals surface area contributed by atoms with Crippen LogP contribution in [0.4, 0.5) is 0 Å². The normalized spacial score (nSPS) is 11.1. The number of halogens is 1. The van der Waals surface area contributed by atoms with E-state index in [-0.39, 0.29) is 0 Å². The molecular formula is C12H8BBrO4. The van der Waals surface area contributed by atoms with Gasteiger partial charge in [0.2, 0.25) is 0 Å². The quantitative estimate of drug-likeness (QED) is 0.715. The van der Waals surface area contributed by atoms with Crippen LogP contribution in [0.3, 0.4) is 0 Å². The molecule has 90 valence electrons. The third-order valence-electron chi connectivity index (χ3n) is 2.67. The summed E-state index contributed by atoms with van der Waals surface area (Å²) in [6.07, 6.45) is 0. The van der Waals surface area contributed by atoms with Gasteiger partial charge in [0.25, 0.3) is 0 Å². The highest BCUT2D eigenvalue weighted by Gasteiger charge is 2.18. The summed E-state index contributed by atoms with van der Waals surface area (Å²) in [6, 6.07) is 11.0. The average molecular weight is 307 g/mol. The van der Waals surface area contributed by atoms with E-state index in [2.05, 4.69) is 15.9 Å². The molecule has 0 aliphatic heterocycles. The molecule has 1 heterocycles. The molecule has 0 fully saturated rings. The first-order valence-corrected chi connectivity index (χ1v) is 6.08. The molecule has 0 amide bonds. The van der Waals surface area contributed by atoms with Gasteiger partial charge in [-0.05, 0) is 18.2 Å². The Bertz CT molecular complexity index is 722. The van der Waals surface area contributed by atoms with E-state index in [0.717, 1.165) is 20.8 Å². The Hall–Kier alpha value is -1.50. The predicted octanol–water partition coefficient (Wildman–Crippen LogP) is 2.70. The lowest BCUT2D eigenvalue weighted by Crippen LogP contribution is -2.20. The van der Waals surface area contributed by atoms with Gasteiger partial charge in [0.1, 0.15) is 11.3 Å². The van der Waals surface area contributed by atoms with Crippen LogP contribution in [0.25, 0.3) is 21.9 Å². The van der Waals surface area contributed by atoms with Crippen molar-refractivity contribution in [3.8, 4) is 5.75 Å². The maximum Gasteiger partial charge on any atom is 0.707 e. The summed E-state index contributed by atoms with van der Waals surface area (Å²) < 4.78 is 11.5. The lowest BCUT2D eigenvalue weighted by Gasteiger charge is -2.05. The Kier molecular flexibility index (Phi) is 2.78. The van der Waals surface area contributed by atoms with Crippen molar-refractivity contribution in [2.45, 2.75) is 0 Å². The van der Waals surface area contributed by atoms with Gasteiger partial charge in [-0.2, -0.15) is 0 Å². The van der Waals surface area contributed by atoms with Gasteiger partial charge in [-0.25, -0.2) is 0 Å². The average Bonchev–Trinajstić information content (AvgIpc) is 2.72. The van der Waals surface area contributed by atoms with Crippen LogP contribution in [0.15, 0.2) is 45.3 Å². The number of para-hydroxylation sites is 1. The Morgan fingerprint density at radius 3 is 2.67 bits per heavy atom. The van der Waals surface area contributed by atoms with Gasteiger partial charge in [-0.3, -0.25) is 0 Å². The fourth-order valence-electron chi connectivity index (χ4n) is 1.97. The Morgan fingerprint density at radius 2 is 1.89 bits per heavy atom. The number of rotatable bonds is 2. The monoisotopic (exact) mass is 306 g/mol. The highest BCUT2D eigenvalue weighted by Crippen LogP contribution is 2.39. The molecule has 0 bridgehead atoms. The van der Waals surface area contributed by atoms with E-state index in [0.29, 0.717) is 11.3 Å². The zero-order valence-electron chi connectivity index (χ0n) is 9.13. The van der Waals surface area contributed by atoms with Crippen LogP contribution < -0.4 is 4.65 Å².